The van der Waals surface area contributed by atoms with Crippen LogP contribution >= 0.6 is 11.6 Å². The number of hydrogen-bond acceptors (Lipinski definition) is 3. The molecule has 0 radical (unpaired) electrons. The zero-order chi connectivity index (χ0) is 19.6. The van der Waals surface area contributed by atoms with Gasteiger partial charge in [-0.25, -0.2) is 0 Å². The maximum absolute atomic E-state index is 12.6. The molecule has 1 aromatic carbocycles. The van der Waals surface area contributed by atoms with E-state index >= 15 is 0 Å². The van der Waals surface area contributed by atoms with Crippen LogP contribution in [0.25, 0.3) is 0 Å². The molecule has 7 heteroatoms. The number of guanidine groups is 1. The molecule has 2 rings (SSSR count). The predicted molar refractivity (Wildman–Crippen MR) is 112 cm³/mol. The van der Waals surface area contributed by atoms with Gasteiger partial charge in [0.05, 0.1) is 6.42 Å². The van der Waals surface area contributed by atoms with Crippen molar-refractivity contribution in [1.29, 1.82) is 0 Å². The highest BCUT2D eigenvalue weighted by Crippen LogP contribution is 2.13. The first kappa shape index (κ1) is 21.5. The highest BCUT2D eigenvalue weighted by atomic mass is 35.5. The number of nitrogens with zero attached hydrogens (tertiary/aromatic N) is 4. The van der Waals surface area contributed by atoms with E-state index < -0.39 is 0 Å². The Balaban J connectivity index is 1.84. The number of amides is 1. The van der Waals surface area contributed by atoms with Crippen LogP contribution in [0, 0.1) is 0 Å². The summed E-state index contributed by atoms with van der Waals surface area (Å²) in [6, 6.07) is 7.52. The van der Waals surface area contributed by atoms with Crippen molar-refractivity contribution in [2.45, 2.75) is 19.8 Å². The van der Waals surface area contributed by atoms with Crippen molar-refractivity contribution >= 4 is 23.5 Å². The molecule has 6 nitrogen and oxygen atoms in total. The summed E-state index contributed by atoms with van der Waals surface area (Å²) in [6.07, 6.45) is 1.44. The topological polar surface area (TPSA) is 51.2 Å². The Hall–Kier alpha value is -1.79. The largest absolute Gasteiger partial charge is 0.357 e. The smallest absolute Gasteiger partial charge is 0.227 e. The van der Waals surface area contributed by atoms with Gasteiger partial charge in [0.25, 0.3) is 0 Å². The number of halogens is 1. The second kappa shape index (κ2) is 11.1. The van der Waals surface area contributed by atoms with Crippen molar-refractivity contribution in [2.75, 3.05) is 59.9 Å². The summed E-state index contributed by atoms with van der Waals surface area (Å²) in [5, 5.41) is 4.05. The SMILES string of the molecule is CCNC(=NCCCN(C)C)N1CCN(C(=O)Cc2cccc(Cl)c2)CC1. The zero-order valence-electron chi connectivity index (χ0n) is 16.7. The van der Waals surface area contributed by atoms with Crippen LogP contribution in [-0.2, 0) is 11.2 Å². The van der Waals surface area contributed by atoms with Crippen molar-refractivity contribution in [3.05, 3.63) is 34.9 Å². The van der Waals surface area contributed by atoms with Gasteiger partial charge in [-0.1, -0.05) is 23.7 Å². The number of rotatable bonds is 7. The van der Waals surface area contributed by atoms with Crippen molar-refractivity contribution < 1.29 is 4.79 Å². The minimum Gasteiger partial charge on any atom is -0.357 e. The molecule has 150 valence electrons. The number of nitrogens with one attached hydrogen (secondary N) is 1. The van der Waals surface area contributed by atoms with Gasteiger partial charge in [0.1, 0.15) is 0 Å². The summed E-state index contributed by atoms with van der Waals surface area (Å²) in [5.74, 6) is 1.11. The van der Waals surface area contributed by atoms with E-state index in [2.05, 4.69) is 36.1 Å². The fraction of sp³-hybridized carbons (Fsp3) is 0.600. The molecule has 1 saturated heterocycles. The Morgan fingerprint density at radius 3 is 2.56 bits per heavy atom. The van der Waals surface area contributed by atoms with Gasteiger partial charge in [0.15, 0.2) is 5.96 Å². The third-order valence-electron chi connectivity index (χ3n) is 4.54. The van der Waals surface area contributed by atoms with Crippen molar-refractivity contribution in [2.24, 2.45) is 4.99 Å². The standard InChI is InChI=1S/C20H32ClN5O/c1-4-22-20(23-9-6-10-24(2)3)26-13-11-25(12-14-26)19(27)16-17-7-5-8-18(21)15-17/h5,7-8,15H,4,6,9-14,16H2,1-3H3,(H,22,23). The first-order chi connectivity index (χ1) is 13.0. The minimum atomic E-state index is 0.157. The van der Waals surface area contributed by atoms with E-state index in [9.17, 15) is 4.79 Å². The van der Waals surface area contributed by atoms with Crippen molar-refractivity contribution in [3.63, 3.8) is 0 Å². The van der Waals surface area contributed by atoms with Gasteiger partial charge in [-0.2, -0.15) is 0 Å². The maximum Gasteiger partial charge on any atom is 0.227 e. The third kappa shape index (κ3) is 7.39. The van der Waals surface area contributed by atoms with E-state index in [1.807, 2.05) is 29.2 Å². The van der Waals surface area contributed by atoms with Gasteiger partial charge < -0.3 is 20.0 Å². The average molecular weight is 394 g/mol. The highest BCUT2D eigenvalue weighted by Gasteiger charge is 2.23. The zero-order valence-corrected chi connectivity index (χ0v) is 17.5. The van der Waals surface area contributed by atoms with Gasteiger partial charge in [-0.3, -0.25) is 9.79 Å². The molecule has 27 heavy (non-hydrogen) atoms. The Kier molecular flexibility index (Phi) is 8.88. The molecule has 1 aliphatic heterocycles. The summed E-state index contributed by atoms with van der Waals surface area (Å²) in [5.41, 5.74) is 0.964. The fourth-order valence-corrected chi connectivity index (χ4v) is 3.31. The summed E-state index contributed by atoms with van der Waals surface area (Å²) >= 11 is 6.01. The number of aliphatic imine (C=N–C) groups is 1. The van der Waals surface area contributed by atoms with E-state index in [0.29, 0.717) is 11.4 Å². The summed E-state index contributed by atoms with van der Waals surface area (Å²) in [7, 11) is 4.16. The lowest BCUT2D eigenvalue weighted by molar-refractivity contribution is -0.131. The molecule has 0 bridgehead atoms. The molecular weight excluding hydrogens is 362 g/mol. The van der Waals surface area contributed by atoms with E-state index in [1.54, 1.807) is 0 Å². The molecule has 1 aromatic rings. The molecule has 1 N–H and O–H groups in total. The molecule has 1 heterocycles. The molecule has 0 atom stereocenters. The number of carbonyl (C=O) groups excluding carboxylic acids is 1. The molecule has 0 unspecified atom stereocenters. The van der Waals surface area contributed by atoms with Crippen LogP contribution in [0.1, 0.15) is 18.9 Å². The Bertz CT molecular complexity index is 627. The number of benzene rings is 1. The van der Waals surface area contributed by atoms with Crippen molar-refractivity contribution in [1.82, 2.24) is 20.0 Å². The van der Waals surface area contributed by atoms with E-state index in [1.165, 1.54) is 0 Å². The lowest BCUT2D eigenvalue weighted by Crippen LogP contribution is -2.54. The maximum atomic E-state index is 12.6. The summed E-state index contributed by atoms with van der Waals surface area (Å²) < 4.78 is 0. The number of hydrogen-bond donors (Lipinski definition) is 1. The molecule has 1 amide bonds. The molecule has 0 spiro atoms. The van der Waals surface area contributed by atoms with Crippen molar-refractivity contribution in [3.8, 4) is 0 Å². The first-order valence-corrected chi connectivity index (χ1v) is 10.1. The number of piperazine rings is 1. The first-order valence-electron chi connectivity index (χ1n) is 9.69. The van der Waals surface area contributed by atoms with Gasteiger partial charge in [0.2, 0.25) is 5.91 Å². The second-order valence-corrected chi connectivity index (χ2v) is 7.50. The van der Waals surface area contributed by atoms with Crippen LogP contribution in [0.4, 0.5) is 0 Å². The van der Waals surface area contributed by atoms with Gasteiger partial charge in [-0.15, -0.1) is 0 Å². The van der Waals surface area contributed by atoms with E-state index in [4.69, 9.17) is 16.6 Å². The lowest BCUT2D eigenvalue weighted by Gasteiger charge is -2.36. The average Bonchev–Trinajstić information content (AvgIpc) is 2.64. The highest BCUT2D eigenvalue weighted by molar-refractivity contribution is 6.30. The Morgan fingerprint density at radius 1 is 1.22 bits per heavy atom. The monoisotopic (exact) mass is 393 g/mol. The number of carbonyl (C=O) groups is 1. The third-order valence-corrected chi connectivity index (χ3v) is 4.77. The summed E-state index contributed by atoms with van der Waals surface area (Å²) in [4.78, 5) is 23.7. The van der Waals surface area contributed by atoms with Crippen LogP contribution < -0.4 is 5.32 Å². The molecule has 0 saturated carbocycles. The molecule has 0 aromatic heterocycles. The van der Waals surface area contributed by atoms with Gasteiger partial charge >= 0.3 is 0 Å². The molecule has 1 aliphatic rings. The van der Waals surface area contributed by atoms with Gasteiger partial charge in [0, 0.05) is 44.3 Å². The minimum absolute atomic E-state index is 0.157. The second-order valence-electron chi connectivity index (χ2n) is 7.07. The van der Waals surface area contributed by atoms with E-state index in [0.717, 1.165) is 63.8 Å². The fourth-order valence-electron chi connectivity index (χ4n) is 3.10. The Labute approximate surface area is 168 Å². The molecular formula is C20H32ClN5O. The quantitative estimate of drug-likeness (QED) is 0.437. The molecule has 1 fully saturated rings. The van der Waals surface area contributed by atoms with Crippen LogP contribution in [0.15, 0.2) is 29.3 Å². The van der Waals surface area contributed by atoms with Crippen LogP contribution in [0.2, 0.25) is 5.02 Å². The lowest BCUT2D eigenvalue weighted by atomic mass is 10.1. The van der Waals surface area contributed by atoms with Crippen LogP contribution in [-0.4, -0.2) is 86.5 Å². The predicted octanol–water partition coefficient (Wildman–Crippen LogP) is 1.94. The molecule has 0 aliphatic carbocycles. The van der Waals surface area contributed by atoms with Crippen LogP contribution in [0.3, 0.4) is 0 Å². The normalized spacial score (nSPS) is 15.4. The summed E-state index contributed by atoms with van der Waals surface area (Å²) in [6.45, 7) is 7.84. The van der Waals surface area contributed by atoms with Gasteiger partial charge in [-0.05, 0) is 51.7 Å². The Morgan fingerprint density at radius 2 is 1.93 bits per heavy atom. The van der Waals surface area contributed by atoms with Crippen LogP contribution in [0.5, 0.6) is 0 Å². The van der Waals surface area contributed by atoms with E-state index in [-0.39, 0.29) is 5.91 Å².